The normalized spacial score (nSPS) is 14.0. The Hall–Kier alpha value is -7.44. The van der Waals surface area contributed by atoms with Gasteiger partial charge in [-0.3, -0.25) is 15.0 Å². The monoisotopic (exact) mass is 993 g/mol. The molecule has 0 saturated carbocycles. The van der Waals surface area contributed by atoms with Crippen molar-refractivity contribution in [3.05, 3.63) is 214 Å². The maximum absolute atomic E-state index is 8.71. The van der Waals surface area contributed by atoms with Gasteiger partial charge >= 0.3 is 0 Å². The number of pyridine rings is 6. The maximum atomic E-state index is 8.71. The lowest BCUT2D eigenvalue weighted by atomic mass is 9.87. The molecular weight excluding hydrogens is 913 g/mol. The van der Waals surface area contributed by atoms with E-state index < -0.39 is 24.1 Å². The van der Waals surface area contributed by atoms with E-state index in [0.29, 0.717) is 0 Å². The fourth-order valence-electron chi connectivity index (χ4n) is 11.3. The number of hydrogen-bond acceptors (Lipinski definition) is 3. The van der Waals surface area contributed by atoms with Crippen LogP contribution in [0.5, 0.6) is 0 Å². The van der Waals surface area contributed by atoms with Crippen LogP contribution in [-0.4, -0.2) is 15.0 Å². The van der Waals surface area contributed by atoms with Crippen LogP contribution < -0.4 is 13.7 Å². The Morgan fingerprint density at radius 1 is 0.493 bits per heavy atom. The zero-order valence-electron chi connectivity index (χ0n) is 51.2. The van der Waals surface area contributed by atoms with Crippen molar-refractivity contribution in [1.29, 1.82) is 0 Å². The molecule has 6 aromatic heterocycles. The van der Waals surface area contributed by atoms with E-state index >= 15 is 0 Å². The van der Waals surface area contributed by atoms with E-state index in [9.17, 15) is 0 Å². The number of rotatable bonds is 7. The summed E-state index contributed by atoms with van der Waals surface area (Å²) in [5.41, 5.74) is 27.4. The Bertz CT molecular complexity index is 3900. The quantitative estimate of drug-likeness (QED) is 0.150. The van der Waals surface area contributed by atoms with Gasteiger partial charge in [0.15, 0.2) is 18.6 Å². The molecule has 6 heterocycles. The SMILES string of the molecule is [2H]C(C)(C)c1cc[n+](C)c(-c2c(C)ccc3c2Cc2ncccc2-3)c1.[2H]C([2H])(c1cc[n+](C)c(-c2c(C)ccc3c2Cc2ncccc2-3)c1)C(C)(C)C.[2H]C([2H])(c1cc[n+](C)c(-c2c(C)ccc3c2Cc2ncccc2-3)c1)C(C)C. The van der Waals surface area contributed by atoms with Gasteiger partial charge < -0.3 is 0 Å². The van der Waals surface area contributed by atoms with E-state index in [2.05, 4.69) is 123 Å². The second-order valence-electron chi connectivity index (χ2n) is 22.3. The molecule has 0 radical (unpaired) electrons. The molecule has 0 saturated heterocycles. The van der Waals surface area contributed by atoms with Crippen molar-refractivity contribution in [3.8, 4) is 67.2 Å². The van der Waals surface area contributed by atoms with Gasteiger partial charge in [0, 0.05) is 97.8 Å². The largest absolute Gasteiger partial charge is 0.260 e. The number of benzene rings is 3. The Morgan fingerprint density at radius 2 is 0.867 bits per heavy atom. The average Bonchev–Trinajstić information content (AvgIpc) is 4.14. The highest BCUT2D eigenvalue weighted by Crippen LogP contribution is 2.45. The van der Waals surface area contributed by atoms with Crippen LogP contribution in [0.15, 0.2) is 146 Å². The first-order valence-electron chi connectivity index (χ1n) is 29.0. The smallest absolute Gasteiger partial charge is 0.213 e. The molecule has 3 aliphatic rings. The summed E-state index contributed by atoms with van der Waals surface area (Å²) in [7, 11) is 6.14. The minimum absolute atomic E-state index is 0.0888. The molecule has 378 valence electrons. The predicted molar refractivity (Wildman–Crippen MR) is 307 cm³/mol. The predicted octanol–water partition coefficient (Wildman–Crippen LogP) is 14.3. The topological polar surface area (TPSA) is 50.3 Å². The van der Waals surface area contributed by atoms with Crippen LogP contribution in [0.1, 0.15) is 128 Å². The molecule has 0 amide bonds. The van der Waals surface area contributed by atoms with Crippen LogP contribution >= 0.6 is 0 Å². The molecule has 3 aliphatic carbocycles. The fraction of sp³-hybridized carbons (Fsp3) is 0.304. The summed E-state index contributed by atoms with van der Waals surface area (Å²) < 4.78 is 49.2. The number of fused-ring (bicyclic) bond motifs is 9. The molecule has 0 bridgehead atoms. The van der Waals surface area contributed by atoms with Gasteiger partial charge in [0.25, 0.3) is 0 Å². The molecule has 6 nitrogen and oxygen atoms in total. The van der Waals surface area contributed by atoms with Crippen molar-refractivity contribution < 1.29 is 20.6 Å². The van der Waals surface area contributed by atoms with Crippen LogP contribution in [0.2, 0.25) is 0 Å². The molecule has 75 heavy (non-hydrogen) atoms. The lowest BCUT2D eigenvalue weighted by Crippen LogP contribution is -2.31. The standard InChI is InChI=1S/C24H27N2.C23H25N2.C22H23N2/c1-16-8-9-18-19-7-6-11-25-21(19)14-20(18)23(16)22-13-17(10-12-26(22)5)15-24(2,3)4;1-15(2)12-17-9-11-25(4)22(13-17)23-16(3)7-8-18-19-6-5-10-24-21(19)14-20(18)23;1-14(2)16-9-11-24(4)21(12-16)22-15(3)7-8-17-18-6-5-10-23-20(18)13-19(17)22/h6-13H,14-15H2,1-5H3;5-11,13,15H,12,14H2,1-4H3;5-12,14H,13H2,1-4H3/q3*+1/i15D2;12D2;14D. The van der Waals surface area contributed by atoms with E-state index in [4.69, 9.17) is 6.85 Å². The van der Waals surface area contributed by atoms with Crippen molar-refractivity contribution in [2.75, 3.05) is 0 Å². The van der Waals surface area contributed by atoms with Crippen molar-refractivity contribution in [2.24, 2.45) is 32.5 Å². The summed E-state index contributed by atoms with van der Waals surface area (Å²) in [6, 6.07) is 37.7. The lowest BCUT2D eigenvalue weighted by molar-refractivity contribution is -0.660. The van der Waals surface area contributed by atoms with E-state index in [1.807, 2.05) is 142 Å². The van der Waals surface area contributed by atoms with Crippen molar-refractivity contribution >= 4 is 0 Å². The van der Waals surface area contributed by atoms with Gasteiger partial charge in [0.1, 0.15) is 21.1 Å². The molecule has 12 rings (SSSR count). The van der Waals surface area contributed by atoms with Crippen molar-refractivity contribution in [1.82, 2.24) is 15.0 Å². The van der Waals surface area contributed by atoms with Gasteiger partial charge in [-0.05, 0) is 136 Å². The van der Waals surface area contributed by atoms with Crippen molar-refractivity contribution in [3.63, 3.8) is 0 Å². The molecule has 0 spiro atoms. The first-order chi connectivity index (χ1) is 37.8. The highest BCUT2D eigenvalue weighted by molar-refractivity contribution is 5.86. The highest BCUT2D eigenvalue weighted by atomic mass is 14.9. The summed E-state index contributed by atoms with van der Waals surface area (Å²) >= 11 is 0. The van der Waals surface area contributed by atoms with Gasteiger partial charge in [-0.1, -0.05) is 103 Å². The van der Waals surface area contributed by atoms with Crippen LogP contribution in [-0.2, 0) is 53.2 Å². The fourth-order valence-corrected chi connectivity index (χ4v) is 11.3. The van der Waals surface area contributed by atoms with Gasteiger partial charge in [0.2, 0.25) is 17.1 Å². The van der Waals surface area contributed by atoms with E-state index in [0.717, 1.165) is 64.4 Å². The number of hydrogen-bond donors (Lipinski definition) is 0. The molecule has 0 fully saturated rings. The first kappa shape index (κ1) is 45.0. The average molecular weight is 993 g/mol. The molecule has 3 aromatic carbocycles. The van der Waals surface area contributed by atoms with Gasteiger partial charge in [-0.15, -0.1) is 0 Å². The summed E-state index contributed by atoms with van der Waals surface area (Å²) in [6.45, 7) is 20.0. The lowest BCUT2D eigenvalue weighted by Gasteiger charge is -2.18. The third-order valence-electron chi connectivity index (χ3n) is 14.9. The molecule has 0 unspecified atom stereocenters. The zero-order chi connectivity index (χ0) is 57.4. The molecule has 0 N–H and O–H groups in total. The van der Waals surface area contributed by atoms with Gasteiger partial charge in [-0.25, -0.2) is 13.7 Å². The molecule has 0 aliphatic heterocycles. The minimum atomic E-state index is -1.42. The molecule has 6 heteroatoms. The number of aryl methyl sites for hydroxylation is 6. The zero-order valence-corrected chi connectivity index (χ0v) is 46.2. The third kappa shape index (κ3) is 10.2. The second kappa shape index (κ2) is 20.7. The third-order valence-corrected chi connectivity index (χ3v) is 14.9. The van der Waals surface area contributed by atoms with Crippen LogP contribution in [0.3, 0.4) is 0 Å². The Labute approximate surface area is 454 Å². The van der Waals surface area contributed by atoms with Gasteiger partial charge in [-0.2, -0.15) is 0 Å². The minimum Gasteiger partial charge on any atom is -0.260 e. The Kier molecular flexibility index (Phi) is 12.4. The molecular formula is C69H75N6+3. The second-order valence-corrected chi connectivity index (χ2v) is 22.3. The molecule has 9 aromatic rings. The van der Waals surface area contributed by atoms with Crippen molar-refractivity contribution in [2.45, 2.75) is 107 Å². The van der Waals surface area contributed by atoms with E-state index in [1.54, 1.807) is 0 Å². The van der Waals surface area contributed by atoms with E-state index in [1.165, 1.54) is 89.1 Å². The van der Waals surface area contributed by atoms with Gasteiger partial charge in [0.05, 0.1) is 33.8 Å². The van der Waals surface area contributed by atoms with Crippen LogP contribution in [0.25, 0.3) is 67.2 Å². The first-order valence-corrected chi connectivity index (χ1v) is 26.5. The molecule has 0 atom stereocenters. The summed E-state index contributed by atoms with van der Waals surface area (Å²) in [4.78, 5) is 13.7. The maximum Gasteiger partial charge on any atom is 0.213 e. The Morgan fingerprint density at radius 3 is 1.25 bits per heavy atom. The summed E-state index contributed by atoms with van der Waals surface area (Å²) in [5, 5.41) is 0. The Balaban J connectivity index is 0.000000135. The summed E-state index contributed by atoms with van der Waals surface area (Å²) in [6.07, 6.45) is 11.3. The number of nitrogens with zero attached hydrogens (tertiary/aromatic N) is 6. The van der Waals surface area contributed by atoms with E-state index in [-0.39, 0.29) is 5.92 Å². The van der Waals surface area contributed by atoms with Crippen LogP contribution in [0, 0.1) is 32.1 Å². The number of aromatic nitrogens is 6. The van der Waals surface area contributed by atoms with Crippen LogP contribution in [0.4, 0.5) is 0 Å². The summed E-state index contributed by atoms with van der Waals surface area (Å²) in [5.74, 6) is -0.701. The highest BCUT2D eigenvalue weighted by Gasteiger charge is 2.30.